The molecule has 3 heterocycles. The predicted molar refractivity (Wildman–Crippen MR) is 96.4 cm³/mol. The van der Waals surface area contributed by atoms with Crippen molar-refractivity contribution in [2.75, 3.05) is 45.8 Å². The van der Waals surface area contributed by atoms with Gasteiger partial charge in [0.2, 0.25) is 0 Å². The van der Waals surface area contributed by atoms with Crippen LogP contribution in [0.2, 0.25) is 0 Å². The summed E-state index contributed by atoms with van der Waals surface area (Å²) in [4.78, 5) is 0. The van der Waals surface area contributed by atoms with Crippen LogP contribution in [0, 0.1) is 0 Å². The van der Waals surface area contributed by atoms with Gasteiger partial charge in [-0.2, -0.15) is 34.1 Å². The van der Waals surface area contributed by atoms with Crippen LogP contribution in [0.3, 0.4) is 0 Å². The average molecular weight is 395 g/mol. The van der Waals surface area contributed by atoms with Crippen molar-refractivity contribution in [3.8, 4) is 0 Å². The Balaban J connectivity index is 1.67. The van der Waals surface area contributed by atoms with Gasteiger partial charge in [-0.25, -0.2) is 0 Å². The minimum Gasteiger partial charge on any atom is -0.195 e. The summed E-state index contributed by atoms with van der Waals surface area (Å²) in [6, 6.07) is -0.347. The molecule has 25 heavy (non-hydrogen) atoms. The summed E-state index contributed by atoms with van der Waals surface area (Å²) in [5.41, 5.74) is 0. The molecule has 0 aromatic rings. The highest BCUT2D eigenvalue weighted by Gasteiger charge is 2.41. The molecular formula is C15H30N4O4S2. The molecule has 0 unspecified atom stereocenters. The lowest BCUT2D eigenvalue weighted by Gasteiger charge is -2.42. The Morgan fingerprint density at radius 2 is 1.08 bits per heavy atom. The quantitative estimate of drug-likeness (QED) is 0.693. The first-order valence-corrected chi connectivity index (χ1v) is 12.1. The molecule has 146 valence electrons. The molecular weight excluding hydrogens is 364 g/mol. The zero-order valence-electron chi connectivity index (χ0n) is 15.0. The Bertz CT molecular complexity index is 655. The number of nitrogens with zero attached hydrogens (tertiary/aromatic N) is 4. The van der Waals surface area contributed by atoms with Gasteiger partial charge in [0, 0.05) is 51.9 Å². The summed E-state index contributed by atoms with van der Waals surface area (Å²) >= 11 is 0. The largest absolute Gasteiger partial charge is 0.282 e. The molecule has 0 N–H and O–H groups in total. The normalized spacial score (nSPS) is 29.7. The number of hydrogen-bond donors (Lipinski definition) is 0. The first-order valence-electron chi connectivity index (χ1n) is 9.35. The van der Waals surface area contributed by atoms with Gasteiger partial charge in [-0.15, -0.1) is 0 Å². The highest BCUT2D eigenvalue weighted by atomic mass is 32.2. The molecule has 3 aliphatic rings. The van der Waals surface area contributed by atoms with Crippen LogP contribution in [0.15, 0.2) is 0 Å². The zero-order valence-corrected chi connectivity index (χ0v) is 16.6. The molecule has 0 bridgehead atoms. The fraction of sp³-hybridized carbons (Fsp3) is 1.00. The smallest absolute Gasteiger partial charge is 0.195 e. The number of piperidine rings is 2. The van der Waals surface area contributed by atoms with Crippen LogP contribution in [0.25, 0.3) is 0 Å². The maximum atomic E-state index is 12.9. The molecule has 0 aromatic heterocycles. The first-order chi connectivity index (χ1) is 11.8. The lowest BCUT2D eigenvalue weighted by molar-refractivity contribution is 0.185. The third kappa shape index (κ3) is 4.03. The van der Waals surface area contributed by atoms with Crippen molar-refractivity contribution in [1.29, 1.82) is 0 Å². The highest BCUT2D eigenvalue weighted by Crippen LogP contribution is 2.24. The number of hydrogen-bond acceptors (Lipinski definition) is 4. The molecule has 0 aromatic carbocycles. The molecule has 0 radical (unpaired) electrons. The number of piperazine rings is 1. The topological polar surface area (TPSA) is 81.2 Å². The van der Waals surface area contributed by atoms with Gasteiger partial charge in [0.1, 0.15) is 0 Å². The van der Waals surface area contributed by atoms with E-state index in [2.05, 4.69) is 0 Å². The predicted octanol–water partition coefficient (Wildman–Crippen LogP) is 0.454. The molecule has 1 atom stereocenters. The Morgan fingerprint density at radius 1 is 0.600 bits per heavy atom. The summed E-state index contributed by atoms with van der Waals surface area (Å²) in [7, 11) is -6.98. The molecule has 8 nitrogen and oxygen atoms in total. The molecule has 0 saturated carbocycles. The van der Waals surface area contributed by atoms with Crippen molar-refractivity contribution in [2.45, 2.75) is 51.5 Å². The monoisotopic (exact) mass is 394 g/mol. The Kier molecular flexibility index (Phi) is 6.06. The molecule has 0 aliphatic carbocycles. The lowest BCUT2D eigenvalue weighted by atomic mass is 10.2. The van der Waals surface area contributed by atoms with E-state index in [1.807, 2.05) is 0 Å². The van der Waals surface area contributed by atoms with Crippen molar-refractivity contribution in [2.24, 2.45) is 0 Å². The molecule has 10 heteroatoms. The van der Waals surface area contributed by atoms with E-state index in [4.69, 9.17) is 0 Å². The van der Waals surface area contributed by atoms with Crippen molar-refractivity contribution < 1.29 is 16.8 Å². The third-order valence-corrected chi connectivity index (χ3v) is 9.59. The summed E-state index contributed by atoms with van der Waals surface area (Å²) in [6.07, 6.45) is 5.75. The van der Waals surface area contributed by atoms with Crippen molar-refractivity contribution in [3.05, 3.63) is 0 Å². The Morgan fingerprint density at radius 3 is 1.56 bits per heavy atom. The van der Waals surface area contributed by atoms with E-state index in [0.717, 1.165) is 38.5 Å². The highest BCUT2D eigenvalue weighted by molar-refractivity contribution is 7.87. The van der Waals surface area contributed by atoms with Crippen molar-refractivity contribution in [1.82, 2.24) is 17.2 Å². The van der Waals surface area contributed by atoms with Crippen molar-refractivity contribution in [3.63, 3.8) is 0 Å². The van der Waals surface area contributed by atoms with Gasteiger partial charge in [-0.05, 0) is 32.6 Å². The Hall–Kier alpha value is -0.260. The zero-order chi connectivity index (χ0) is 18.1. The molecule has 3 fully saturated rings. The first kappa shape index (κ1) is 19.5. The van der Waals surface area contributed by atoms with Gasteiger partial charge >= 0.3 is 0 Å². The minimum atomic E-state index is -3.50. The van der Waals surface area contributed by atoms with Crippen LogP contribution >= 0.6 is 0 Å². The molecule has 3 rings (SSSR count). The summed E-state index contributed by atoms with van der Waals surface area (Å²) in [6.45, 7) is 4.78. The van der Waals surface area contributed by atoms with E-state index in [-0.39, 0.29) is 25.7 Å². The van der Waals surface area contributed by atoms with Crippen LogP contribution in [-0.2, 0) is 20.4 Å². The maximum Gasteiger partial charge on any atom is 0.282 e. The second kappa shape index (κ2) is 7.77. The average Bonchev–Trinajstić information content (AvgIpc) is 2.63. The van der Waals surface area contributed by atoms with E-state index < -0.39 is 20.4 Å². The van der Waals surface area contributed by atoms with Crippen LogP contribution in [0.4, 0.5) is 0 Å². The van der Waals surface area contributed by atoms with Gasteiger partial charge < -0.3 is 0 Å². The lowest BCUT2D eigenvalue weighted by Crippen LogP contribution is -2.60. The Labute approximate surface area is 152 Å². The van der Waals surface area contributed by atoms with Crippen LogP contribution in [0.1, 0.15) is 45.4 Å². The SMILES string of the molecule is C[C@H]1CN(S(=O)(=O)N2CCCCC2)CCN1S(=O)(=O)N1CCCCC1. The van der Waals surface area contributed by atoms with E-state index in [9.17, 15) is 16.8 Å². The summed E-state index contributed by atoms with van der Waals surface area (Å²) < 4.78 is 57.5. The summed E-state index contributed by atoms with van der Waals surface area (Å²) in [5, 5.41) is 0. The van der Waals surface area contributed by atoms with Gasteiger partial charge in [0.05, 0.1) is 0 Å². The fourth-order valence-electron chi connectivity index (χ4n) is 3.96. The second-order valence-electron chi connectivity index (χ2n) is 7.25. The van der Waals surface area contributed by atoms with E-state index in [0.29, 0.717) is 26.2 Å². The maximum absolute atomic E-state index is 12.9. The van der Waals surface area contributed by atoms with Gasteiger partial charge in [0.25, 0.3) is 20.4 Å². The second-order valence-corrected chi connectivity index (χ2v) is 11.1. The molecule has 0 spiro atoms. The van der Waals surface area contributed by atoms with Crippen molar-refractivity contribution >= 4 is 20.4 Å². The number of rotatable bonds is 4. The van der Waals surface area contributed by atoms with Gasteiger partial charge in [-0.3, -0.25) is 0 Å². The van der Waals surface area contributed by atoms with Crippen LogP contribution in [0.5, 0.6) is 0 Å². The standard InChI is InChI=1S/C15H30N4O4S2/c1-15-14-18(24(20,21)16-8-4-2-5-9-16)12-13-19(15)25(22,23)17-10-6-3-7-11-17/h15H,2-14H2,1H3/t15-/m0/s1. The molecule has 3 saturated heterocycles. The van der Waals surface area contributed by atoms with Gasteiger partial charge in [-0.1, -0.05) is 12.8 Å². The van der Waals surface area contributed by atoms with E-state index in [1.54, 1.807) is 15.5 Å². The van der Waals surface area contributed by atoms with E-state index in [1.165, 1.54) is 8.61 Å². The fourth-order valence-corrected chi connectivity index (χ4v) is 7.58. The molecule has 0 amide bonds. The minimum absolute atomic E-state index is 0.228. The third-order valence-electron chi connectivity index (χ3n) is 5.43. The van der Waals surface area contributed by atoms with E-state index >= 15 is 0 Å². The van der Waals surface area contributed by atoms with Crippen LogP contribution in [-0.4, -0.2) is 85.9 Å². The molecule has 3 aliphatic heterocycles. The van der Waals surface area contributed by atoms with Gasteiger partial charge in [0.15, 0.2) is 0 Å². The van der Waals surface area contributed by atoms with Crippen LogP contribution < -0.4 is 0 Å². The summed E-state index contributed by atoms with van der Waals surface area (Å²) in [5.74, 6) is 0.